The van der Waals surface area contributed by atoms with E-state index < -0.39 is 5.60 Å². The molecular formula is C34H46FN3O. The first-order chi connectivity index (χ1) is 19.0. The maximum atomic E-state index is 14.0. The van der Waals surface area contributed by atoms with Crippen molar-refractivity contribution in [3.8, 4) is 0 Å². The molecule has 3 bridgehead atoms. The summed E-state index contributed by atoms with van der Waals surface area (Å²) >= 11 is 0. The van der Waals surface area contributed by atoms with E-state index in [9.17, 15) is 9.50 Å². The second-order valence-electron chi connectivity index (χ2n) is 13.5. The molecule has 1 aromatic heterocycles. The van der Waals surface area contributed by atoms with Gasteiger partial charge in [-0.2, -0.15) is 0 Å². The summed E-state index contributed by atoms with van der Waals surface area (Å²) in [6.45, 7) is 4.61. The van der Waals surface area contributed by atoms with Crippen molar-refractivity contribution in [3.63, 3.8) is 0 Å². The van der Waals surface area contributed by atoms with Crippen LogP contribution in [0.4, 0.5) is 4.39 Å². The van der Waals surface area contributed by atoms with Crippen molar-refractivity contribution in [2.75, 3.05) is 26.2 Å². The summed E-state index contributed by atoms with van der Waals surface area (Å²) in [5.41, 5.74) is 2.84. The SMILES string of the molecule is O[C@]12C=C(Cc3cc4cc(F)ccc4[nH]3)[C@@H]3CCN(CCCC/C=C\CC1)C[C@@]31C[C@@H]3CCCCCCN3C12. The number of aliphatic hydroxyl groups is 1. The standard InChI is InChI=1S/C34H46FN3O/c35-27-12-13-31-25(19-27)20-28(36-31)21-26-22-34(39)15-8-4-1-2-5-9-16-37-18-14-30(26)33(24-37)23-29-11-7-3-6-10-17-38(29)32(33)34/h1,4,12-13,19-20,22,29-30,32,36,39H,2-3,5-11,14-18,21,23-24H2/b4-1-/t29-,30-,32?,33-,34-/m0/s1. The Kier molecular flexibility index (Phi) is 6.97. The average Bonchev–Trinajstić information content (AvgIpc) is 3.42. The van der Waals surface area contributed by atoms with Gasteiger partial charge >= 0.3 is 0 Å². The number of fused-ring (bicyclic) bond motifs is 3. The average molecular weight is 532 g/mol. The first-order valence-electron chi connectivity index (χ1n) is 15.9. The fourth-order valence-corrected chi connectivity index (χ4v) is 9.55. The lowest BCUT2D eigenvalue weighted by atomic mass is 9.54. The number of rotatable bonds is 2. The summed E-state index contributed by atoms with van der Waals surface area (Å²) in [7, 11) is 0. The van der Waals surface area contributed by atoms with Crippen LogP contribution in [0, 0.1) is 17.2 Å². The summed E-state index contributed by atoms with van der Waals surface area (Å²) in [6, 6.07) is 7.95. The van der Waals surface area contributed by atoms with Gasteiger partial charge in [-0.3, -0.25) is 4.90 Å². The lowest BCUT2D eigenvalue weighted by Gasteiger charge is -2.58. The van der Waals surface area contributed by atoms with Crippen molar-refractivity contribution >= 4 is 10.9 Å². The first kappa shape index (κ1) is 26.0. The minimum Gasteiger partial charge on any atom is -0.384 e. The monoisotopic (exact) mass is 531 g/mol. The zero-order valence-electron chi connectivity index (χ0n) is 23.5. The number of halogens is 1. The quantitative estimate of drug-likeness (QED) is 0.421. The van der Waals surface area contributed by atoms with Crippen molar-refractivity contribution in [2.45, 2.75) is 101 Å². The van der Waals surface area contributed by atoms with Gasteiger partial charge in [0.2, 0.25) is 0 Å². The number of aromatic nitrogens is 1. The molecule has 210 valence electrons. The lowest BCUT2D eigenvalue weighted by molar-refractivity contribution is -0.0983. The largest absolute Gasteiger partial charge is 0.384 e. The van der Waals surface area contributed by atoms with Crippen LogP contribution in [-0.2, 0) is 6.42 Å². The van der Waals surface area contributed by atoms with E-state index in [-0.39, 0.29) is 17.3 Å². The Morgan fingerprint density at radius 2 is 1.82 bits per heavy atom. The highest BCUT2D eigenvalue weighted by Crippen LogP contribution is 2.60. The summed E-state index contributed by atoms with van der Waals surface area (Å²) in [5.74, 6) is 0.310. The van der Waals surface area contributed by atoms with Crippen molar-refractivity contribution in [2.24, 2.45) is 11.3 Å². The van der Waals surface area contributed by atoms with Crippen LogP contribution in [0.5, 0.6) is 0 Å². The summed E-state index contributed by atoms with van der Waals surface area (Å²) in [4.78, 5) is 9.17. The Hall–Kier alpha value is -1.95. The number of hydrogen-bond acceptors (Lipinski definition) is 3. The van der Waals surface area contributed by atoms with Crippen LogP contribution in [-0.4, -0.2) is 63.8 Å². The van der Waals surface area contributed by atoms with Crippen LogP contribution in [0.15, 0.2) is 48.1 Å². The zero-order chi connectivity index (χ0) is 26.5. The van der Waals surface area contributed by atoms with E-state index in [0.717, 1.165) is 61.9 Å². The van der Waals surface area contributed by atoms with E-state index in [4.69, 9.17) is 0 Å². The van der Waals surface area contributed by atoms with Crippen LogP contribution in [0.25, 0.3) is 10.9 Å². The molecule has 5 heteroatoms. The Labute approximate surface area is 233 Å². The highest BCUT2D eigenvalue weighted by Gasteiger charge is 2.65. The Balaban J connectivity index is 1.33. The second kappa shape index (κ2) is 10.5. The van der Waals surface area contributed by atoms with Crippen LogP contribution in [0.1, 0.15) is 82.7 Å². The molecule has 0 saturated carbocycles. The maximum absolute atomic E-state index is 14.0. The maximum Gasteiger partial charge on any atom is 0.123 e. The van der Waals surface area contributed by atoms with Crippen LogP contribution in [0.2, 0.25) is 0 Å². The summed E-state index contributed by atoms with van der Waals surface area (Å²) in [5, 5.41) is 13.8. The van der Waals surface area contributed by atoms with E-state index in [0.29, 0.717) is 12.0 Å². The second-order valence-corrected chi connectivity index (χ2v) is 13.5. The van der Waals surface area contributed by atoms with Gasteiger partial charge in [-0.05, 0) is 108 Å². The van der Waals surface area contributed by atoms with Crippen LogP contribution >= 0.6 is 0 Å². The normalized spacial score (nSPS) is 38.5. The number of hydrogen-bond donors (Lipinski definition) is 2. The van der Waals surface area contributed by atoms with Gasteiger partial charge in [0.25, 0.3) is 0 Å². The number of nitrogens with one attached hydrogen (secondary N) is 1. The lowest BCUT2D eigenvalue weighted by Crippen LogP contribution is -2.66. The number of benzene rings is 1. The van der Waals surface area contributed by atoms with Crippen molar-refractivity contribution in [1.29, 1.82) is 0 Å². The number of H-pyrrole nitrogens is 1. The third-order valence-electron chi connectivity index (χ3n) is 11.0. The van der Waals surface area contributed by atoms with Gasteiger partial charge in [-0.25, -0.2) is 4.39 Å². The molecule has 5 heterocycles. The molecule has 1 aliphatic carbocycles. The smallest absolute Gasteiger partial charge is 0.123 e. The van der Waals surface area contributed by atoms with E-state index in [1.54, 1.807) is 6.07 Å². The molecule has 0 radical (unpaired) electrons. The molecule has 6 atom stereocenters. The van der Waals surface area contributed by atoms with Crippen molar-refractivity contribution in [3.05, 3.63) is 59.6 Å². The third-order valence-corrected chi connectivity index (χ3v) is 11.0. The van der Waals surface area contributed by atoms with Gasteiger partial charge in [0.1, 0.15) is 5.82 Å². The van der Waals surface area contributed by atoms with E-state index in [1.807, 2.05) is 6.07 Å². The number of allylic oxidation sites excluding steroid dienone is 3. The number of nitrogens with zero attached hydrogens (tertiary/aromatic N) is 2. The van der Waals surface area contributed by atoms with E-state index >= 15 is 0 Å². The van der Waals surface area contributed by atoms with E-state index in [1.165, 1.54) is 76.0 Å². The van der Waals surface area contributed by atoms with Crippen molar-refractivity contribution in [1.82, 2.24) is 14.8 Å². The molecule has 1 aromatic carbocycles. The molecule has 7 rings (SSSR count). The fourth-order valence-electron chi connectivity index (χ4n) is 9.55. The number of piperidine rings is 1. The molecule has 3 fully saturated rings. The highest BCUT2D eigenvalue weighted by atomic mass is 19.1. The molecule has 5 aliphatic rings. The zero-order valence-corrected chi connectivity index (χ0v) is 23.5. The topological polar surface area (TPSA) is 42.5 Å². The van der Waals surface area contributed by atoms with Gasteiger partial charge in [0.15, 0.2) is 0 Å². The molecular weight excluding hydrogens is 485 g/mol. The molecule has 0 amide bonds. The minimum atomic E-state index is -0.820. The molecule has 4 nitrogen and oxygen atoms in total. The predicted octanol–water partition coefficient (Wildman–Crippen LogP) is 6.76. The van der Waals surface area contributed by atoms with Gasteiger partial charge in [-0.15, -0.1) is 0 Å². The highest BCUT2D eigenvalue weighted by molar-refractivity contribution is 5.80. The molecule has 4 aliphatic heterocycles. The first-order valence-corrected chi connectivity index (χ1v) is 15.9. The van der Waals surface area contributed by atoms with Gasteiger partial charge in [0.05, 0.1) is 5.60 Å². The number of aromatic amines is 1. The summed E-state index contributed by atoms with van der Waals surface area (Å²) < 4.78 is 14.0. The Bertz CT molecular complexity index is 1250. The molecule has 2 N–H and O–H groups in total. The minimum absolute atomic E-state index is 0.0992. The van der Waals surface area contributed by atoms with Gasteiger partial charge in [0, 0.05) is 47.1 Å². The Morgan fingerprint density at radius 3 is 2.77 bits per heavy atom. The van der Waals surface area contributed by atoms with Crippen LogP contribution < -0.4 is 0 Å². The van der Waals surface area contributed by atoms with E-state index in [2.05, 4.69) is 39.1 Å². The van der Waals surface area contributed by atoms with Gasteiger partial charge < -0.3 is 15.0 Å². The van der Waals surface area contributed by atoms with Crippen molar-refractivity contribution < 1.29 is 9.50 Å². The van der Waals surface area contributed by atoms with Crippen LogP contribution in [0.3, 0.4) is 0 Å². The Morgan fingerprint density at radius 1 is 0.949 bits per heavy atom. The molecule has 39 heavy (non-hydrogen) atoms. The third kappa shape index (κ3) is 4.73. The predicted molar refractivity (Wildman–Crippen MR) is 156 cm³/mol. The molecule has 2 unspecified atom stereocenters. The summed E-state index contributed by atoms with van der Waals surface area (Å²) in [6.07, 6.45) is 22.2. The molecule has 1 spiro atoms. The molecule has 3 saturated heterocycles. The fraction of sp³-hybridized carbons (Fsp3) is 0.647. The molecule has 2 aromatic rings. The van der Waals surface area contributed by atoms with Gasteiger partial charge in [-0.1, -0.05) is 43.1 Å².